The van der Waals surface area contributed by atoms with E-state index in [9.17, 15) is 4.79 Å². The first-order valence-corrected chi connectivity index (χ1v) is 11.4. The molecule has 2 aromatic heterocycles. The van der Waals surface area contributed by atoms with E-state index in [4.69, 9.17) is 16.6 Å². The molecular formula is C24H36N6O. The standard InChI is InChI=1S/C24H36N6O/c1-4-9-18-10-13-23(31)30(16-18)17-22(28(3)26)24(25)20-11-12-21(19(5-2)27-20)29-14-7-6-8-15-29/h10-13,16H,4-9,14-15,17,25-26H2,1-3H3/b24-22-. The van der Waals surface area contributed by atoms with E-state index in [1.165, 1.54) is 30.0 Å². The highest BCUT2D eigenvalue weighted by Crippen LogP contribution is 2.26. The van der Waals surface area contributed by atoms with Gasteiger partial charge in [0.15, 0.2) is 0 Å². The van der Waals surface area contributed by atoms with Gasteiger partial charge in [0, 0.05) is 32.4 Å². The number of hydrogen-bond acceptors (Lipinski definition) is 6. The number of piperidine rings is 1. The molecule has 1 aliphatic rings. The minimum Gasteiger partial charge on any atom is -0.395 e. The van der Waals surface area contributed by atoms with Gasteiger partial charge < -0.3 is 20.2 Å². The van der Waals surface area contributed by atoms with E-state index in [1.807, 2.05) is 18.3 Å². The van der Waals surface area contributed by atoms with Gasteiger partial charge in [-0.15, -0.1) is 0 Å². The molecule has 0 bridgehead atoms. The Morgan fingerprint density at radius 1 is 1.13 bits per heavy atom. The smallest absolute Gasteiger partial charge is 0.250 e. The van der Waals surface area contributed by atoms with Crippen LogP contribution in [0.4, 0.5) is 5.69 Å². The van der Waals surface area contributed by atoms with Gasteiger partial charge in [0.2, 0.25) is 0 Å². The first-order valence-electron chi connectivity index (χ1n) is 11.4. The van der Waals surface area contributed by atoms with Crippen molar-refractivity contribution >= 4 is 11.4 Å². The van der Waals surface area contributed by atoms with Crippen LogP contribution < -0.4 is 22.0 Å². The zero-order valence-corrected chi connectivity index (χ0v) is 19.1. The van der Waals surface area contributed by atoms with Crippen molar-refractivity contribution in [3.8, 4) is 0 Å². The molecule has 1 saturated heterocycles. The van der Waals surface area contributed by atoms with Crippen LogP contribution in [0, 0.1) is 0 Å². The monoisotopic (exact) mass is 424 g/mol. The molecule has 168 valence electrons. The van der Waals surface area contributed by atoms with E-state index >= 15 is 0 Å². The van der Waals surface area contributed by atoms with E-state index in [1.54, 1.807) is 17.7 Å². The highest BCUT2D eigenvalue weighted by atomic mass is 16.1. The molecular weight excluding hydrogens is 388 g/mol. The van der Waals surface area contributed by atoms with Gasteiger partial charge in [-0.25, -0.2) is 10.8 Å². The van der Waals surface area contributed by atoms with Crippen LogP contribution in [-0.2, 0) is 19.4 Å². The van der Waals surface area contributed by atoms with Crippen molar-refractivity contribution in [3.63, 3.8) is 0 Å². The summed E-state index contributed by atoms with van der Waals surface area (Å²) in [6, 6.07) is 7.59. The molecule has 1 fully saturated rings. The molecule has 0 unspecified atom stereocenters. The molecule has 3 rings (SSSR count). The van der Waals surface area contributed by atoms with Gasteiger partial charge in [0.05, 0.1) is 35.0 Å². The maximum Gasteiger partial charge on any atom is 0.250 e. The maximum absolute atomic E-state index is 12.4. The summed E-state index contributed by atoms with van der Waals surface area (Å²) in [6.07, 6.45) is 8.41. The second-order valence-electron chi connectivity index (χ2n) is 8.29. The fourth-order valence-corrected chi connectivity index (χ4v) is 4.16. The van der Waals surface area contributed by atoms with Gasteiger partial charge >= 0.3 is 0 Å². The predicted octanol–water partition coefficient (Wildman–Crippen LogP) is 2.88. The molecule has 0 spiro atoms. The lowest BCUT2D eigenvalue weighted by atomic mass is 10.1. The Hall–Kier alpha value is -2.80. The normalized spacial score (nSPS) is 15.0. The molecule has 0 radical (unpaired) electrons. The second-order valence-corrected chi connectivity index (χ2v) is 8.29. The quantitative estimate of drug-likeness (QED) is 0.500. The predicted molar refractivity (Wildman–Crippen MR) is 127 cm³/mol. The van der Waals surface area contributed by atoms with Crippen LogP contribution in [0.5, 0.6) is 0 Å². The number of rotatable bonds is 8. The number of likely N-dealkylation sites (N-methyl/N-ethyl adjacent to an activating group) is 1. The van der Waals surface area contributed by atoms with Gasteiger partial charge in [-0.2, -0.15) is 0 Å². The molecule has 0 aliphatic carbocycles. The zero-order chi connectivity index (χ0) is 22.4. The van der Waals surface area contributed by atoms with Gasteiger partial charge in [-0.1, -0.05) is 26.3 Å². The van der Waals surface area contributed by atoms with Gasteiger partial charge in [-0.05, 0) is 49.8 Å². The molecule has 4 N–H and O–H groups in total. The summed E-state index contributed by atoms with van der Waals surface area (Å²) in [5.41, 5.74) is 11.7. The summed E-state index contributed by atoms with van der Waals surface area (Å²) in [4.78, 5) is 19.7. The van der Waals surface area contributed by atoms with E-state index < -0.39 is 0 Å². The summed E-state index contributed by atoms with van der Waals surface area (Å²) < 4.78 is 1.67. The van der Waals surface area contributed by atoms with Gasteiger partial charge in [-0.3, -0.25) is 4.79 Å². The first-order chi connectivity index (χ1) is 14.9. The Morgan fingerprint density at radius 3 is 2.52 bits per heavy atom. The second kappa shape index (κ2) is 10.5. The van der Waals surface area contributed by atoms with Gasteiger partial charge in [0.25, 0.3) is 5.56 Å². The van der Waals surface area contributed by atoms with E-state index in [-0.39, 0.29) is 5.56 Å². The van der Waals surface area contributed by atoms with Crippen molar-refractivity contribution in [1.29, 1.82) is 0 Å². The average Bonchev–Trinajstić information content (AvgIpc) is 2.79. The number of nitrogens with two attached hydrogens (primary N) is 2. The van der Waals surface area contributed by atoms with Gasteiger partial charge in [0.1, 0.15) is 0 Å². The van der Waals surface area contributed by atoms with Crippen LogP contribution in [0.15, 0.2) is 41.0 Å². The lowest BCUT2D eigenvalue weighted by molar-refractivity contribution is 0.409. The molecule has 0 atom stereocenters. The van der Waals surface area contributed by atoms with Crippen molar-refractivity contribution in [1.82, 2.24) is 14.6 Å². The lowest BCUT2D eigenvalue weighted by Gasteiger charge is -2.30. The molecule has 0 aromatic carbocycles. The number of anilines is 1. The Labute approximate surface area is 185 Å². The van der Waals surface area contributed by atoms with Crippen LogP contribution >= 0.6 is 0 Å². The zero-order valence-electron chi connectivity index (χ0n) is 19.1. The molecule has 0 saturated carbocycles. The SMILES string of the molecule is CCCc1ccc(=O)n(C/C(=C(/N)c2ccc(N3CCCCC3)c(CC)n2)N(C)N)c1. The third kappa shape index (κ3) is 5.47. The number of aromatic nitrogens is 2. The van der Waals surface area contributed by atoms with Crippen molar-refractivity contribution in [3.05, 3.63) is 63.5 Å². The minimum absolute atomic E-state index is 0.0744. The largest absolute Gasteiger partial charge is 0.395 e. The third-order valence-corrected chi connectivity index (χ3v) is 5.90. The summed E-state index contributed by atoms with van der Waals surface area (Å²) in [6.45, 7) is 6.69. The molecule has 1 aliphatic heterocycles. The molecule has 3 heterocycles. The van der Waals surface area contributed by atoms with Crippen LogP contribution in [0.2, 0.25) is 0 Å². The Balaban J connectivity index is 1.96. The number of allylic oxidation sites excluding steroid dienone is 1. The minimum atomic E-state index is -0.0744. The van der Waals surface area contributed by atoms with E-state index in [2.05, 4.69) is 24.8 Å². The van der Waals surface area contributed by atoms with E-state index in [0.717, 1.165) is 43.6 Å². The molecule has 2 aromatic rings. The summed E-state index contributed by atoms with van der Waals surface area (Å²) in [7, 11) is 1.74. The Kier molecular flexibility index (Phi) is 7.74. The lowest BCUT2D eigenvalue weighted by Crippen LogP contribution is -2.33. The number of aryl methyl sites for hydroxylation is 2. The van der Waals surface area contributed by atoms with Crippen molar-refractivity contribution in [2.45, 2.75) is 58.9 Å². The highest BCUT2D eigenvalue weighted by molar-refractivity contribution is 5.65. The van der Waals surface area contributed by atoms with Crippen molar-refractivity contribution in [2.75, 3.05) is 25.0 Å². The summed E-state index contributed by atoms with van der Waals surface area (Å²) in [5, 5.41) is 1.49. The summed E-state index contributed by atoms with van der Waals surface area (Å²) in [5.74, 6) is 6.13. The van der Waals surface area contributed by atoms with Crippen molar-refractivity contribution in [2.24, 2.45) is 11.6 Å². The molecule has 7 heteroatoms. The van der Waals surface area contributed by atoms with Crippen LogP contribution in [0.25, 0.3) is 5.70 Å². The van der Waals surface area contributed by atoms with Crippen LogP contribution in [0.3, 0.4) is 0 Å². The summed E-state index contributed by atoms with van der Waals surface area (Å²) >= 11 is 0. The number of pyridine rings is 2. The molecule has 31 heavy (non-hydrogen) atoms. The molecule has 7 nitrogen and oxygen atoms in total. The fraction of sp³-hybridized carbons (Fsp3) is 0.500. The number of nitrogens with zero attached hydrogens (tertiary/aromatic N) is 4. The Morgan fingerprint density at radius 2 is 1.87 bits per heavy atom. The van der Waals surface area contributed by atoms with Crippen LogP contribution in [-0.4, -0.2) is 34.7 Å². The third-order valence-electron chi connectivity index (χ3n) is 5.90. The first kappa shape index (κ1) is 22.9. The maximum atomic E-state index is 12.4. The fourth-order valence-electron chi connectivity index (χ4n) is 4.16. The van der Waals surface area contributed by atoms with Crippen LogP contribution in [0.1, 0.15) is 56.5 Å². The average molecular weight is 425 g/mol. The molecule has 0 amide bonds. The number of hydrogen-bond donors (Lipinski definition) is 2. The van der Waals surface area contributed by atoms with E-state index in [0.29, 0.717) is 23.6 Å². The number of hydrazine groups is 1. The van der Waals surface area contributed by atoms with Crippen molar-refractivity contribution < 1.29 is 0 Å². The highest BCUT2D eigenvalue weighted by Gasteiger charge is 2.18. The topological polar surface area (TPSA) is 93.4 Å². The Bertz CT molecular complexity index is 972.